The molecule has 3 aromatic rings. The molecule has 0 radical (unpaired) electrons. The zero-order chi connectivity index (χ0) is 25.0. The van der Waals surface area contributed by atoms with Crippen LogP contribution in [0.25, 0.3) is 6.08 Å². The molecule has 180 valence electrons. The predicted molar refractivity (Wildman–Crippen MR) is 138 cm³/mol. The third-order valence-corrected chi connectivity index (χ3v) is 5.50. The Morgan fingerprint density at radius 1 is 1.17 bits per heavy atom. The monoisotopic (exact) mass is 491 g/mol. The lowest BCUT2D eigenvalue weighted by Crippen LogP contribution is -2.40. The number of ether oxygens (including phenoxy) is 1. The fraction of sp³-hybridized carbons (Fsp3) is 0.231. The summed E-state index contributed by atoms with van der Waals surface area (Å²) in [5, 5.41) is 6.51. The zero-order valence-corrected chi connectivity index (χ0v) is 20.5. The van der Waals surface area contributed by atoms with E-state index in [4.69, 9.17) is 16.3 Å². The van der Waals surface area contributed by atoms with Crippen LogP contribution in [0, 0.1) is 0 Å². The van der Waals surface area contributed by atoms with Crippen LogP contribution in [-0.2, 0) is 4.79 Å². The number of amides is 2. The minimum atomic E-state index is -0.353. The van der Waals surface area contributed by atoms with Crippen molar-refractivity contribution in [1.82, 2.24) is 15.3 Å². The fourth-order valence-corrected chi connectivity index (χ4v) is 3.76. The number of benzene rings is 2. The summed E-state index contributed by atoms with van der Waals surface area (Å²) in [7, 11) is 0. The Labute approximate surface area is 209 Å². The molecular formula is C26H26ClN5O3. The molecule has 1 aliphatic rings. The first kappa shape index (κ1) is 24.2. The van der Waals surface area contributed by atoms with Gasteiger partial charge in [0.05, 0.1) is 11.3 Å². The van der Waals surface area contributed by atoms with Crippen molar-refractivity contribution in [3.63, 3.8) is 0 Å². The highest BCUT2D eigenvalue weighted by molar-refractivity contribution is 6.34. The summed E-state index contributed by atoms with van der Waals surface area (Å²) in [4.78, 5) is 34.2. The fourth-order valence-electron chi connectivity index (χ4n) is 3.55. The van der Waals surface area contributed by atoms with Gasteiger partial charge in [-0.25, -0.2) is 9.97 Å². The Morgan fingerprint density at radius 2 is 1.97 bits per heavy atom. The van der Waals surface area contributed by atoms with E-state index < -0.39 is 0 Å². The van der Waals surface area contributed by atoms with Crippen LogP contribution < -0.4 is 20.3 Å². The third kappa shape index (κ3) is 5.78. The zero-order valence-electron chi connectivity index (χ0n) is 19.7. The van der Waals surface area contributed by atoms with Crippen molar-refractivity contribution in [1.29, 1.82) is 0 Å². The molecule has 0 spiro atoms. The lowest BCUT2D eigenvalue weighted by molar-refractivity contribution is -0.107. The molecular weight excluding hydrogens is 466 g/mol. The molecule has 35 heavy (non-hydrogen) atoms. The number of carbonyl (C=O) groups is 2. The molecule has 0 aliphatic carbocycles. The number of aromatic nitrogens is 2. The summed E-state index contributed by atoms with van der Waals surface area (Å²) in [6.07, 6.45) is 6.75. The summed E-state index contributed by atoms with van der Waals surface area (Å²) in [6, 6.07) is 12.2. The highest BCUT2D eigenvalue weighted by atomic mass is 35.5. The van der Waals surface area contributed by atoms with Crippen LogP contribution in [0.5, 0.6) is 11.5 Å². The molecule has 1 aliphatic heterocycles. The van der Waals surface area contributed by atoms with Crippen molar-refractivity contribution in [2.45, 2.75) is 32.7 Å². The number of hydrogen-bond acceptors (Lipinski definition) is 6. The highest BCUT2D eigenvalue weighted by Crippen LogP contribution is 2.38. The van der Waals surface area contributed by atoms with Gasteiger partial charge in [-0.15, -0.1) is 0 Å². The van der Waals surface area contributed by atoms with Gasteiger partial charge in [0.1, 0.15) is 34.5 Å². The van der Waals surface area contributed by atoms with Gasteiger partial charge in [-0.05, 0) is 57.5 Å². The van der Waals surface area contributed by atoms with E-state index in [0.29, 0.717) is 57.9 Å². The van der Waals surface area contributed by atoms with Crippen LogP contribution in [-0.4, -0.2) is 34.4 Å². The predicted octanol–water partition coefficient (Wildman–Crippen LogP) is 5.57. The Kier molecular flexibility index (Phi) is 7.02. The number of nitrogens with zero attached hydrogens (tertiary/aromatic N) is 3. The molecule has 0 saturated carbocycles. The van der Waals surface area contributed by atoms with Crippen LogP contribution in [0.2, 0.25) is 5.02 Å². The molecule has 1 aromatic heterocycles. The van der Waals surface area contributed by atoms with Crippen LogP contribution in [0.15, 0.2) is 54.9 Å². The Hall–Kier alpha value is -3.91. The maximum absolute atomic E-state index is 12.5. The van der Waals surface area contributed by atoms with Gasteiger partial charge in [-0.1, -0.05) is 35.9 Å². The molecule has 8 nitrogen and oxygen atoms in total. The Morgan fingerprint density at radius 3 is 2.74 bits per heavy atom. The molecule has 9 heteroatoms. The van der Waals surface area contributed by atoms with Gasteiger partial charge < -0.3 is 15.4 Å². The lowest BCUT2D eigenvalue weighted by atomic mass is 10.1. The molecule has 2 aromatic carbocycles. The molecule has 2 heterocycles. The van der Waals surface area contributed by atoms with E-state index in [1.165, 1.54) is 6.33 Å². The molecule has 0 atom stereocenters. The van der Waals surface area contributed by atoms with E-state index in [0.717, 1.165) is 6.41 Å². The number of fused-ring (bicyclic) bond motifs is 1. The van der Waals surface area contributed by atoms with Crippen molar-refractivity contribution in [2.24, 2.45) is 0 Å². The minimum absolute atomic E-state index is 0.189. The molecule has 0 fully saturated rings. The van der Waals surface area contributed by atoms with E-state index >= 15 is 0 Å². The van der Waals surface area contributed by atoms with Gasteiger partial charge in [-0.3, -0.25) is 14.5 Å². The summed E-state index contributed by atoms with van der Waals surface area (Å²) in [5.74, 6) is 1.74. The quantitative estimate of drug-likeness (QED) is 0.437. The van der Waals surface area contributed by atoms with Crippen LogP contribution >= 0.6 is 11.6 Å². The van der Waals surface area contributed by atoms with Crippen molar-refractivity contribution in [3.05, 3.63) is 71.0 Å². The topological polar surface area (TPSA) is 96.4 Å². The first-order valence-electron chi connectivity index (χ1n) is 11.1. The van der Waals surface area contributed by atoms with E-state index in [2.05, 4.69) is 20.6 Å². The largest absolute Gasteiger partial charge is 0.456 e. The molecule has 4 rings (SSSR count). The van der Waals surface area contributed by atoms with E-state index in [9.17, 15) is 9.59 Å². The number of anilines is 3. The van der Waals surface area contributed by atoms with E-state index in [1.54, 1.807) is 47.4 Å². The molecule has 2 N–H and O–H groups in total. The first-order chi connectivity index (χ1) is 16.7. The Bertz CT molecular complexity index is 1290. The molecule has 0 unspecified atom stereocenters. The Balaban J connectivity index is 1.59. The minimum Gasteiger partial charge on any atom is -0.456 e. The average Bonchev–Trinajstić information content (AvgIpc) is 3.03. The molecule has 0 saturated heterocycles. The van der Waals surface area contributed by atoms with Gasteiger partial charge in [0.15, 0.2) is 0 Å². The normalized spacial score (nSPS) is 13.0. The van der Waals surface area contributed by atoms with Gasteiger partial charge in [0, 0.05) is 17.6 Å². The van der Waals surface area contributed by atoms with Crippen molar-refractivity contribution in [2.75, 3.05) is 16.8 Å². The number of halogens is 1. The van der Waals surface area contributed by atoms with Gasteiger partial charge >= 0.3 is 0 Å². The highest BCUT2D eigenvalue weighted by Gasteiger charge is 2.19. The van der Waals surface area contributed by atoms with Gasteiger partial charge in [0.25, 0.3) is 5.91 Å². The number of hydrogen-bond donors (Lipinski definition) is 2. The lowest BCUT2D eigenvalue weighted by Gasteiger charge is -2.20. The van der Waals surface area contributed by atoms with E-state index in [1.807, 2.05) is 32.9 Å². The third-order valence-electron chi connectivity index (χ3n) is 5.11. The second kappa shape index (κ2) is 10.1. The van der Waals surface area contributed by atoms with Crippen molar-refractivity contribution < 1.29 is 14.3 Å². The number of rotatable bonds is 6. The van der Waals surface area contributed by atoms with Crippen molar-refractivity contribution >= 4 is 47.3 Å². The number of carbonyl (C=O) groups excluding carboxylic acids is 2. The van der Waals surface area contributed by atoms with E-state index in [-0.39, 0.29) is 11.4 Å². The summed E-state index contributed by atoms with van der Waals surface area (Å²) >= 11 is 6.67. The molecule has 2 amide bonds. The van der Waals surface area contributed by atoms with Crippen LogP contribution in [0.4, 0.5) is 17.3 Å². The van der Waals surface area contributed by atoms with Crippen molar-refractivity contribution in [3.8, 4) is 11.5 Å². The number of nitrogens with one attached hydrogen (secondary N) is 2. The molecule has 0 bridgehead atoms. The van der Waals surface area contributed by atoms with Gasteiger partial charge in [-0.2, -0.15) is 0 Å². The van der Waals surface area contributed by atoms with Crippen LogP contribution in [0.3, 0.4) is 0 Å². The average molecular weight is 492 g/mol. The summed E-state index contributed by atoms with van der Waals surface area (Å²) in [6.45, 7) is 6.31. The SMILES string of the molecule is CC(C)(C)NC(=O)c1cccc(Oc2cccc(Nc3ncnc4c3C=CCCN4C=O)c2Cl)c1. The smallest absolute Gasteiger partial charge is 0.251 e. The second-order valence-electron chi connectivity index (χ2n) is 9.03. The summed E-state index contributed by atoms with van der Waals surface area (Å²) in [5.41, 5.74) is 1.39. The maximum Gasteiger partial charge on any atom is 0.251 e. The van der Waals surface area contributed by atoms with Crippen LogP contribution in [0.1, 0.15) is 43.1 Å². The standard InChI is InChI=1S/C26H26ClN5O3/c1-26(2,3)31-25(34)17-8-6-9-18(14-17)35-21-12-7-11-20(22(21)27)30-23-19-10-4-5-13-32(16-33)24(19)29-15-28-23/h4,6-12,14-16H,5,13H2,1-3H3,(H,31,34)(H,28,29,30). The first-order valence-corrected chi connectivity index (χ1v) is 11.5. The summed E-state index contributed by atoms with van der Waals surface area (Å²) < 4.78 is 6.02. The second-order valence-corrected chi connectivity index (χ2v) is 9.40. The van der Waals surface area contributed by atoms with Gasteiger partial charge in [0.2, 0.25) is 6.41 Å². The maximum atomic E-state index is 12.5.